The molecular weight excluding hydrogens is 326 g/mol. The molecule has 2 rings (SSSR count). The van der Waals surface area contributed by atoms with Crippen molar-refractivity contribution in [2.45, 2.75) is 24.1 Å². The lowest BCUT2D eigenvalue weighted by molar-refractivity contribution is -0.139. The second kappa shape index (κ2) is 5.36. The normalized spacial score (nSPS) is 17.0. The molecule has 2 amide bonds. The van der Waals surface area contributed by atoms with Crippen molar-refractivity contribution in [1.82, 2.24) is 4.90 Å². The Hall–Kier alpha value is -1.69. The van der Waals surface area contributed by atoms with Crippen LogP contribution in [0.25, 0.3) is 0 Å². The van der Waals surface area contributed by atoms with Crippen LogP contribution in [0.15, 0.2) is 24.3 Å². The Kier molecular flexibility index (Phi) is 3.94. The summed E-state index contributed by atoms with van der Waals surface area (Å²) in [5, 5.41) is 8.98. The van der Waals surface area contributed by atoms with Gasteiger partial charge in [-0.1, -0.05) is 28.1 Å². The third-order valence-corrected chi connectivity index (χ3v) is 4.09. The maximum Gasteiger partial charge on any atom is 0.320 e. The molecule has 106 valence electrons. The second-order valence-electron chi connectivity index (χ2n) is 4.91. The number of benzene rings is 1. The number of imide groups is 1. The number of carbonyl (C=O) groups excluding carboxylic acids is 2. The van der Waals surface area contributed by atoms with Crippen molar-refractivity contribution in [2.24, 2.45) is 0 Å². The van der Waals surface area contributed by atoms with Crippen molar-refractivity contribution in [1.29, 1.82) is 0 Å². The minimum Gasteiger partial charge on any atom is -0.480 e. The molecule has 1 aromatic carbocycles. The Morgan fingerprint density at radius 2 is 1.75 bits per heavy atom. The van der Waals surface area contributed by atoms with Crippen molar-refractivity contribution in [3.8, 4) is 0 Å². The molecule has 1 unspecified atom stereocenters. The quantitative estimate of drug-likeness (QED) is 0.659. The van der Waals surface area contributed by atoms with E-state index in [1.165, 1.54) is 4.90 Å². The lowest BCUT2D eigenvalue weighted by Crippen LogP contribution is -2.33. The van der Waals surface area contributed by atoms with Crippen molar-refractivity contribution >= 4 is 33.7 Å². The molecule has 0 fully saturated rings. The highest BCUT2D eigenvalue weighted by Crippen LogP contribution is 2.26. The highest BCUT2D eigenvalue weighted by molar-refractivity contribution is 9.10. The third-order valence-electron chi connectivity index (χ3n) is 3.35. The zero-order chi connectivity index (χ0) is 14.9. The van der Waals surface area contributed by atoms with E-state index in [1.807, 2.05) is 0 Å². The molecule has 0 aliphatic carbocycles. The summed E-state index contributed by atoms with van der Waals surface area (Å²) in [4.78, 5) is 36.3. The van der Waals surface area contributed by atoms with Gasteiger partial charge < -0.3 is 5.11 Å². The van der Waals surface area contributed by atoms with Gasteiger partial charge in [0.25, 0.3) is 11.8 Å². The van der Waals surface area contributed by atoms with E-state index in [9.17, 15) is 14.4 Å². The van der Waals surface area contributed by atoms with Crippen LogP contribution in [-0.4, -0.2) is 38.7 Å². The predicted octanol–water partition coefficient (Wildman–Crippen LogP) is 2.30. The van der Waals surface area contributed by atoms with E-state index in [0.29, 0.717) is 24.0 Å². The number of fused-ring (bicyclic) bond motifs is 1. The summed E-state index contributed by atoms with van der Waals surface area (Å²) in [6.07, 6.45) is 0.759. The molecule has 0 radical (unpaired) electrons. The molecule has 20 heavy (non-hydrogen) atoms. The van der Waals surface area contributed by atoms with Gasteiger partial charge in [0.2, 0.25) is 0 Å². The summed E-state index contributed by atoms with van der Waals surface area (Å²) in [7, 11) is 0. The van der Waals surface area contributed by atoms with Gasteiger partial charge in [0.05, 0.1) is 11.1 Å². The van der Waals surface area contributed by atoms with Crippen LogP contribution >= 0.6 is 15.9 Å². The molecule has 0 saturated heterocycles. The fraction of sp³-hybridized carbons (Fsp3) is 0.357. The first-order valence-corrected chi connectivity index (χ1v) is 7.01. The van der Waals surface area contributed by atoms with E-state index in [2.05, 4.69) is 15.9 Å². The molecule has 0 spiro atoms. The van der Waals surface area contributed by atoms with Crippen LogP contribution in [0, 0.1) is 0 Å². The number of rotatable bonds is 5. The third kappa shape index (κ3) is 2.60. The van der Waals surface area contributed by atoms with E-state index >= 15 is 0 Å². The highest BCUT2D eigenvalue weighted by atomic mass is 79.9. The van der Waals surface area contributed by atoms with Gasteiger partial charge in [-0.3, -0.25) is 19.3 Å². The number of carboxylic acids is 1. The number of carbonyl (C=O) groups is 3. The SMILES string of the molecule is CC(Br)(CCCN1C(=O)c2ccccc2C1=O)C(=O)O. The van der Waals surface area contributed by atoms with E-state index in [-0.39, 0.29) is 18.4 Å². The van der Waals surface area contributed by atoms with Gasteiger partial charge in [-0.05, 0) is 31.9 Å². The molecule has 1 aliphatic rings. The van der Waals surface area contributed by atoms with Crippen LogP contribution in [0.3, 0.4) is 0 Å². The summed E-state index contributed by atoms with van der Waals surface area (Å²) in [6.45, 7) is 1.78. The zero-order valence-corrected chi connectivity index (χ0v) is 12.5. The molecule has 0 aromatic heterocycles. The highest BCUT2D eigenvalue weighted by Gasteiger charge is 2.35. The fourth-order valence-electron chi connectivity index (χ4n) is 2.12. The smallest absolute Gasteiger partial charge is 0.320 e. The van der Waals surface area contributed by atoms with Gasteiger partial charge in [-0.2, -0.15) is 0 Å². The zero-order valence-electron chi connectivity index (χ0n) is 10.9. The van der Waals surface area contributed by atoms with Crippen LogP contribution in [0.4, 0.5) is 0 Å². The Morgan fingerprint density at radius 3 is 2.20 bits per heavy atom. The standard InChI is InChI=1S/C14H14BrNO4/c1-14(15,13(19)20)7-4-8-16-11(17)9-5-2-3-6-10(9)12(16)18/h2-3,5-6H,4,7-8H2,1H3,(H,19,20). The van der Waals surface area contributed by atoms with Crippen LogP contribution in [0.5, 0.6) is 0 Å². The van der Waals surface area contributed by atoms with Gasteiger partial charge in [0.1, 0.15) is 4.32 Å². The van der Waals surface area contributed by atoms with Crippen molar-refractivity contribution in [3.63, 3.8) is 0 Å². The first kappa shape index (κ1) is 14.7. The number of amides is 2. The van der Waals surface area contributed by atoms with Gasteiger partial charge in [-0.15, -0.1) is 0 Å². The molecule has 1 heterocycles. The van der Waals surface area contributed by atoms with Gasteiger partial charge in [-0.25, -0.2) is 0 Å². The van der Waals surface area contributed by atoms with E-state index in [4.69, 9.17) is 5.11 Å². The Labute approximate surface area is 124 Å². The van der Waals surface area contributed by atoms with Crippen LogP contribution in [0.1, 0.15) is 40.5 Å². The van der Waals surface area contributed by atoms with Gasteiger partial charge in [0, 0.05) is 6.54 Å². The van der Waals surface area contributed by atoms with Gasteiger partial charge >= 0.3 is 5.97 Å². The first-order chi connectivity index (χ1) is 9.34. The molecular formula is C14H14BrNO4. The van der Waals surface area contributed by atoms with E-state index < -0.39 is 10.3 Å². The lowest BCUT2D eigenvalue weighted by atomic mass is 10.1. The minimum atomic E-state index is -1.04. The molecule has 1 aromatic rings. The van der Waals surface area contributed by atoms with Crippen LogP contribution in [0.2, 0.25) is 0 Å². The number of hydrogen-bond acceptors (Lipinski definition) is 3. The summed E-state index contributed by atoms with van der Waals surface area (Å²) < 4.78 is -1.04. The lowest BCUT2D eigenvalue weighted by Gasteiger charge is -2.19. The topological polar surface area (TPSA) is 74.7 Å². The molecule has 0 saturated carbocycles. The summed E-state index contributed by atoms with van der Waals surface area (Å²) in [6, 6.07) is 6.68. The van der Waals surface area contributed by atoms with Crippen molar-refractivity contribution in [3.05, 3.63) is 35.4 Å². The average Bonchev–Trinajstić information content (AvgIpc) is 2.64. The molecule has 1 atom stereocenters. The number of halogens is 1. The van der Waals surface area contributed by atoms with Crippen molar-refractivity contribution in [2.75, 3.05) is 6.54 Å². The van der Waals surface area contributed by atoms with Crippen LogP contribution in [-0.2, 0) is 4.79 Å². The van der Waals surface area contributed by atoms with Crippen LogP contribution < -0.4 is 0 Å². The number of nitrogens with zero attached hydrogens (tertiary/aromatic N) is 1. The summed E-state index contributed by atoms with van der Waals surface area (Å²) >= 11 is 3.13. The molecule has 1 aliphatic heterocycles. The fourth-order valence-corrected chi connectivity index (χ4v) is 2.40. The molecule has 0 bridgehead atoms. The summed E-state index contributed by atoms with van der Waals surface area (Å²) in [5.74, 6) is -1.57. The summed E-state index contributed by atoms with van der Waals surface area (Å²) in [5.41, 5.74) is 0.828. The van der Waals surface area contributed by atoms with Crippen molar-refractivity contribution < 1.29 is 19.5 Å². The molecule has 6 heteroatoms. The number of alkyl halides is 1. The maximum atomic E-state index is 12.1. The molecule has 5 nitrogen and oxygen atoms in total. The number of aliphatic carboxylic acids is 1. The number of carboxylic acid groups (broad SMARTS) is 1. The average molecular weight is 340 g/mol. The van der Waals surface area contributed by atoms with E-state index in [0.717, 1.165) is 0 Å². The Balaban J connectivity index is 2.01. The Morgan fingerprint density at radius 1 is 1.25 bits per heavy atom. The second-order valence-corrected chi connectivity index (χ2v) is 6.66. The van der Waals surface area contributed by atoms with Gasteiger partial charge in [0.15, 0.2) is 0 Å². The van der Waals surface area contributed by atoms with E-state index in [1.54, 1.807) is 31.2 Å². The number of hydrogen-bond donors (Lipinski definition) is 1. The predicted molar refractivity (Wildman–Crippen MR) is 76.0 cm³/mol. The minimum absolute atomic E-state index is 0.223. The molecule has 1 N–H and O–H groups in total. The first-order valence-electron chi connectivity index (χ1n) is 6.22. The maximum absolute atomic E-state index is 12.1. The monoisotopic (exact) mass is 339 g/mol. The Bertz CT molecular complexity index is 547. The largest absolute Gasteiger partial charge is 0.480 e.